The number of rotatable bonds is 5. The number of nitrogens with one attached hydrogen (secondary N) is 1. The molecular formula is C22H27N3O4. The van der Waals surface area contributed by atoms with Gasteiger partial charge in [0.1, 0.15) is 11.4 Å². The monoisotopic (exact) mass is 397 g/mol. The van der Waals surface area contributed by atoms with Crippen LogP contribution in [0, 0.1) is 0 Å². The van der Waals surface area contributed by atoms with Crippen LogP contribution in [0.25, 0.3) is 0 Å². The summed E-state index contributed by atoms with van der Waals surface area (Å²) in [5.74, 6) is -0.0114. The Balaban J connectivity index is 1.39. The van der Waals surface area contributed by atoms with Gasteiger partial charge in [-0.05, 0) is 38.1 Å². The second-order valence-corrected chi connectivity index (χ2v) is 7.61. The van der Waals surface area contributed by atoms with Crippen LogP contribution in [0.15, 0.2) is 42.6 Å². The van der Waals surface area contributed by atoms with Crippen LogP contribution in [-0.2, 0) is 9.47 Å². The summed E-state index contributed by atoms with van der Waals surface area (Å²) < 4.78 is 17.3. The van der Waals surface area contributed by atoms with Crippen molar-refractivity contribution >= 4 is 17.3 Å². The van der Waals surface area contributed by atoms with Crippen molar-refractivity contribution in [2.24, 2.45) is 0 Å². The van der Waals surface area contributed by atoms with Crippen molar-refractivity contribution in [1.29, 1.82) is 0 Å². The fraction of sp³-hybridized carbons (Fsp3) is 0.455. The number of nitrogens with zero attached hydrogens (tertiary/aromatic N) is 2. The fourth-order valence-corrected chi connectivity index (χ4v) is 3.71. The molecule has 0 bridgehead atoms. The van der Waals surface area contributed by atoms with Crippen molar-refractivity contribution in [2.45, 2.75) is 38.6 Å². The number of ether oxygens (including phenoxy) is 3. The Labute approximate surface area is 171 Å². The second-order valence-electron chi connectivity index (χ2n) is 7.61. The van der Waals surface area contributed by atoms with Crippen molar-refractivity contribution in [3.63, 3.8) is 0 Å². The molecule has 4 rings (SSSR count). The highest BCUT2D eigenvalue weighted by Gasteiger charge is 2.39. The zero-order valence-corrected chi connectivity index (χ0v) is 16.9. The SMILES string of the molecule is CC(C)Oc1ccccc1NC(=O)c1ccc(N2CCC3(CC2)OCCO3)cn1. The van der Waals surface area contributed by atoms with Crippen LogP contribution >= 0.6 is 0 Å². The number of hydrogen-bond donors (Lipinski definition) is 1. The average Bonchev–Trinajstić information content (AvgIpc) is 3.18. The quantitative estimate of drug-likeness (QED) is 0.833. The molecule has 2 aliphatic rings. The molecule has 29 heavy (non-hydrogen) atoms. The van der Waals surface area contributed by atoms with Crippen LogP contribution in [0.5, 0.6) is 5.75 Å². The topological polar surface area (TPSA) is 72.9 Å². The third-order valence-electron chi connectivity index (χ3n) is 5.18. The van der Waals surface area contributed by atoms with E-state index < -0.39 is 5.79 Å². The van der Waals surface area contributed by atoms with Gasteiger partial charge in [0, 0.05) is 25.9 Å². The van der Waals surface area contributed by atoms with E-state index in [1.165, 1.54) is 0 Å². The maximum Gasteiger partial charge on any atom is 0.274 e. The largest absolute Gasteiger partial charge is 0.489 e. The van der Waals surface area contributed by atoms with E-state index in [-0.39, 0.29) is 12.0 Å². The fourth-order valence-electron chi connectivity index (χ4n) is 3.71. The van der Waals surface area contributed by atoms with Crippen molar-refractivity contribution < 1.29 is 19.0 Å². The molecule has 1 spiro atoms. The molecule has 1 aromatic carbocycles. The summed E-state index contributed by atoms with van der Waals surface area (Å²) in [6.07, 6.45) is 3.44. The Morgan fingerprint density at radius 2 is 1.86 bits per heavy atom. The zero-order chi connectivity index (χ0) is 20.3. The molecule has 2 fully saturated rings. The Morgan fingerprint density at radius 1 is 1.14 bits per heavy atom. The van der Waals surface area contributed by atoms with E-state index in [0.29, 0.717) is 30.3 Å². The Morgan fingerprint density at radius 3 is 2.52 bits per heavy atom. The molecule has 2 aliphatic heterocycles. The molecule has 0 unspecified atom stereocenters. The van der Waals surface area contributed by atoms with Crippen LogP contribution in [0.2, 0.25) is 0 Å². The number of para-hydroxylation sites is 2. The van der Waals surface area contributed by atoms with Crippen LogP contribution in [0.3, 0.4) is 0 Å². The van der Waals surface area contributed by atoms with Crippen molar-refractivity contribution in [3.05, 3.63) is 48.3 Å². The lowest BCUT2D eigenvalue weighted by molar-refractivity contribution is -0.169. The smallest absolute Gasteiger partial charge is 0.274 e. The summed E-state index contributed by atoms with van der Waals surface area (Å²) in [5.41, 5.74) is 2.00. The number of carbonyl (C=O) groups is 1. The Kier molecular flexibility index (Phi) is 5.69. The zero-order valence-electron chi connectivity index (χ0n) is 16.9. The lowest BCUT2D eigenvalue weighted by atomic mass is 10.0. The first-order chi connectivity index (χ1) is 14.0. The number of piperidine rings is 1. The van der Waals surface area contributed by atoms with Gasteiger partial charge < -0.3 is 24.4 Å². The predicted octanol–water partition coefficient (Wildman–Crippen LogP) is 3.46. The minimum atomic E-state index is -0.394. The molecule has 1 amide bonds. The van der Waals surface area contributed by atoms with Gasteiger partial charge in [-0.15, -0.1) is 0 Å². The minimum absolute atomic E-state index is 0.0224. The molecule has 2 aromatic rings. The minimum Gasteiger partial charge on any atom is -0.489 e. The third kappa shape index (κ3) is 4.52. The average molecular weight is 397 g/mol. The summed E-state index contributed by atoms with van der Waals surface area (Å²) in [7, 11) is 0. The summed E-state index contributed by atoms with van der Waals surface area (Å²) >= 11 is 0. The van der Waals surface area contributed by atoms with E-state index in [2.05, 4.69) is 15.2 Å². The maximum atomic E-state index is 12.6. The molecular weight excluding hydrogens is 370 g/mol. The van der Waals surface area contributed by atoms with Gasteiger partial charge in [-0.2, -0.15) is 0 Å². The lowest BCUT2D eigenvalue weighted by Crippen LogP contribution is -2.45. The molecule has 1 N–H and O–H groups in total. The summed E-state index contributed by atoms with van der Waals surface area (Å²) in [6, 6.07) is 11.1. The van der Waals surface area contributed by atoms with E-state index in [4.69, 9.17) is 14.2 Å². The highest BCUT2D eigenvalue weighted by Crippen LogP contribution is 2.33. The Bertz CT molecular complexity index is 837. The van der Waals surface area contributed by atoms with Gasteiger partial charge >= 0.3 is 0 Å². The summed E-state index contributed by atoms with van der Waals surface area (Å²) in [5, 5.41) is 2.89. The molecule has 0 saturated carbocycles. The summed E-state index contributed by atoms with van der Waals surface area (Å²) in [6.45, 7) is 6.94. The number of carbonyl (C=O) groups excluding carboxylic acids is 1. The van der Waals surface area contributed by atoms with Gasteiger partial charge in [0.15, 0.2) is 5.79 Å². The highest BCUT2D eigenvalue weighted by molar-refractivity contribution is 6.03. The molecule has 2 saturated heterocycles. The van der Waals surface area contributed by atoms with E-state index in [1.807, 2.05) is 44.2 Å². The standard InChI is InChI=1S/C22H27N3O4/c1-16(2)29-20-6-4-3-5-18(20)24-21(26)19-8-7-17(15-23-19)25-11-9-22(10-12-25)27-13-14-28-22/h3-8,15-16H,9-14H2,1-2H3,(H,24,26). The van der Waals surface area contributed by atoms with Crippen LogP contribution in [0.4, 0.5) is 11.4 Å². The number of pyridine rings is 1. The molecule has 154 valence electrons. The first-order valence-corrected chi connectivity index (χ1v) is 10.1. The maximum absolute atomic E-state index is 12.6. The molecule has 7 nitrogen and oxygen atoms in total. The van der Waals surface area contributed by atoms with Crippen molar-refractivity contribution in [3.8, 4) is 5.75 Å². The molecule has 7 heteroatoms. The van der Waals surface area contributed by atoms with Gasteiger partial charge in [-0.1, -0.05) is 12.1 Å². The van der Waals surface area contributed by atoms with E-state index in [0.717, 1.165) is 31.6 Å². The van der Waals surface area contributed by atoms with Crippen LogP contribution < -0.4 is 15.0 Å². The van der Waals surface area contributed by atoms with Crippen LogP contribution in [0.1, 0.15) is 37.2 Å². The molecule has 0 atom stereocenters. The predicted molar refractivity (Wildman–Crippen MR) is 110 cm³/mol. The van der Waals surface area contributed by atoms with Gasteiger partial charge in [-0.25, -0.2) is 4.98 Å². The number of amides is 1. The number of benzene rings is 1. The van der Waals surface area contributed by atoms with Gasteiger partial charge in [0.05, 0.1) is 36.9 Å². The van der Waals surface area contributed by atoms with Gasteiger partial charge in [-0.3, -0.25) is 4.79 Å². The van der Waals surface area contributed by atoms with E-state index >= 15 is 0 Å². The molecule has 0 aliphatic carbocycles. The number of anilines is 2. The van der Waals surface area contributed by atoms with Crippen LogP contribution in [-0.4, -0.2) is 49.1 Å². The molecule has 0 radical (unpaired) electrons. The van der Waals surface area contributed by atoms with E-state index in [1.54, 1.807) is 12.3 Å². The highest BCUT2D eigenvalue weighted by atomic mass is 16.7. The first-order valence-electron chi connectivity index (χ1n) is 10.1. The van der Waals surface area contributed by atoms with Crippen molar-refractivity contribution in [1.82, 2.24) is 4.98 Å². The molecule has 1 aromatic heterocycles. The van der Waals surface area contributed by atoms with Gasteiger partial charge in [0.2, 0.25) is 0 Å². The second kappa shape index (κ2) is 8.39. The lowest BCUT2D eigenvalue weighted by Gasteiger charge is -2.38. The third-order valence-corrected chi connectivity index (χ3v) is 5.18. The van der Waals surface area contributed by atoms with E-state index in [9.17, 15) is 4.79 Å². The number of hydrogen-bond acceptors (Lipinski definition) is 6. The number of aromatic nitrogens is 1. The first kappa shape index (κ1) is 19.7. The normalized spacial score (nSPS) is 18.2. The van der Waals surface area contributed by atoms with Gasteiger partial charge in [0.25, 0.3) is 5.91 Å². The van der Waals surface area contributed by atoms with Crippen molar-refractivity contribution in [2.75, 3.05) is 36.5 Å². The molecule has 3 heterocycles. The Hall–Kier alpha value is -2.64. The summed E-state index contributed by atoms with van der Waals surface area (Å²) in [4.78, 5) is 19.3.